The molecule has 1 aromatic carbocycles. The van der Waals surface area contributed by atoms with Crippen LogP contribution in [0.25, 0.3) is 0 Å². The van der Waals surface area contributed by atoms with Gasteiger partial charge in [0.15, 0.2) is 0 Å². The predicted molar refractivity (Wildman–Crippen MR) is 73.4 cm³/mol. The van der Waals surface area contributed by atoms with Gasteiger partial charge in [0.1, 0.15) is 0 Å². The van der Waals surface area contributed by atoms with Crippen molar-refractivity contribution in [1.82, 2.24) is 10.2 Å². The summed E-state index contributed by atoms with van der Waals surface area (Å²) in [4.78, 5) is 2.57. The van der Waals surface area contributed by atoms with E-state index in [-0.39, 0.29) is 0 Å². The monoisotopic (exact) mass is 252 g/mol. The van der Waals surface area contributed by atoms with E-state index in [1.54, 1.807) is 0 Å². The first-order valence-electron chi connectivity index (χ1n) is 6.36. The van der Waals surface area contributed by atoms with E-state index in [1.165, 1.54) is 5.56 Å². The maximum atomic E-state index is 5.91. The first kappa shape index (κ1) is 12.9. The first-order valence-corrected chi connectivity index (χ1v) is 6.74. The van der Waals surface area contributed by atoms with E-state index in [1.807, 2.05) is 12.1 Å². The van der Waals surface area contributed by atoms with Crippen molar-refractivity contribution in [1.29, 1.82) is 0 Å². The minimum atomic E-state index is 0.638. The van der Waals surface area contributed by atoms with Gasteiger partial charge in [-0.1, -0.05) is 37.6 Å². The fraction of sp³-hybridized carbons (Fsp3) is 0.571. The number of nitrogens with zero attached hydrogens (tertiary/aromatic N) is 1. The molecule has 1 unspecified atom stereocenters. The van der Waals surface area contributed by atoms with Crippen molar-refractivity contribution in [3.63, 3.8) is 0 Å². The fourth-order valence-electron chi connectivity index (χ4n) is 2.45. The van der Waals surface area contributed by atoms with Crippen LogP contribution >= 0.6 is 11.6 Å². The lowest BCUT2D eigenvalue weighted by atomic mass is 10.00. The third kappa shape index (κ3) is 3.44. The van der Waals surface area contributed by atoms with E-state index in [0.29, 0.717) is 12.0 Å². The summed E-state index contributed by atoms with van der Waals surface area (Å²) in [5, 5.41) is 4.29. The number of hydrogen-bond acceptors (Lipinski definition) is 2. The van der Waals surface area contributed by atoms with Crippen LogP contribution in [0.2, 0.25) is 5.02 Å². The predicted octanol–water partition coefficient (Wildman–Crippen LogP) is 2.77. The molecular formula is C14H21ClN2. The van der Waals surface area contributed by atoms with Crippen LogP contribution in [0.5, 0.6) is 0 Å². The van der Waals surface area contributed by atoms with Gasteiger partial charge in [-0.15, -0.1) is 0 Å². The number of halogens is 1. The first-order chi connectivity index (χ1) is 8.16. The SMILES string of the molecule is CC(C)C1CNCCN1Cc1ccc(Cl)cc1. The number of piperazine rings is 1. The van der Waals surface area contributed by atoms with E-state index < -0.39 is 0 Å². The quantitative estimate of drug-likeness (QED) is 0.890. The summed E-state index contributed by atoms with van der Waals surface area (Å²) in [6, 6.07) is 8.84. The van der Waals surface area contributed by atoms with Gasteiger partial charge in [0, 0.05) is 37.2 Å². The van der Waals surface area contributed by atoms with Crippen LogP contribution in [-0.4, -0.2) is 30.6 Å². The van der Waals surface area contributed by atoms with E-state index >= 15 is 0 Å². The number of rotatable bonds is 3. The molecule has 0 aliphatic carbocycles. The molecule has 1 aliphatic heterocycles. The molecule has 1 N–H and O–H groups in total. The van der Waals surface area contributed by atoms with Crippen LogP contribution in [0.3, 0.4) is 0 Å². The molecule has 1 atom stereocenters. The van der Waals surface area contributed by atoms with Gasteiger partial charge < -0.3 is 5.32 Å². The summed E-state index contributed by atoms with van der Waals surface area (Å²) in [7, 11) is 0. The Morgan fingerprint density at radius 3 is 2.71 bits per heavy atom. The second-order valence-corrected chi connectivity index (χ2v) is 5.55. The lowest BCUT2D eigenvalue weighted by Gasteiger charge is -2.38. The molecule has 0 spiro atoms. The fourth-order valence-corrected chi connectivity index (χ4v) is 2.57. The van der Waals surface area contributed by atoms with E-state index in [0.717, 1.165) is 31.2 Å². The van der Waals surface area contributed by atoms with Crippen LogP contribution in [0, 0.1) is 5.92 Å². The third-order valence-electron chi connectivity index (χ3n) is 3.47. The molecule has 0 bridgehead atoms. The van der Waals surface area contributed by atoms with E-state index in [2.05, 4.69) is 36.2 Å². The van der Waals surface area contributed by atoms with Gasteiger partial charge in [-0.05, 0) is 23.6 Å². The summed E-state index contributed by atoms with van der Waals surface area (Å²) in [5.41, 5.74) is 1.35. The summed E-state index contributed by atoms with van der Waals surface area (Å²) in [6.45, 7) is 8.95. The van der Waals surface area contributed by atoms with Crippen molar-refractivity contribution in [2.24, 2.45) is 5.92 Å². The normalized spacial score (nSPS) is 22.0. The molecule has 94 valence electrons. The minimum absolute atomic E-state index is 0.638. The Morgan fingerprint density at radius 1 is 1.35 bits per heavy atom. The maximum absolute atomic E-state index is 5.91. The van der Waals surface area contributed by atoms with Crippen molar-refractivity contribution < 1.29 is 0 Å². The van der Waals surface area contributed by atoms with Crippen molar-refractivity contribution in [2.45, 2.75) is 26.4 Å². The maximum Gasteiger partial charge on any atom is 0.0406 e. The average molecular weight is 253 g/mol. The highest BCUT2D eigenvalue weighted by molar-refractivity contribution is 6.30. The van der Waals surface area contributed by atoms with Crippen LogP contribution in [0.15, 0.2) is 24.3 Å². The standard InChI is InChI=1S/C14H21ClN2/c1-11(2)14-9-16-7-8-17(14)10-12-3-5-13(15)6-4-12/h3-6,11,14,16H,7-10H2,1-2H3. The van der Waals surface area contributed by atoms with Crippen LogP contribution in [-0.2, 0) is 6.54 Å². The van der Waals surface area contributed by atoms with Gasteiger partial charge in [-0.2, -0.15) is 0 Å². The topological polar surface area (TPSA) is 15.3 Å². The van der Waals surface area contributed by atoms with Gasteiger partial charge in [-0.3, -0.25) is 4.90 Å². The number of benzene rings is 1. The molecular weight excluding hydrogens is 232 g/mol. The molecule has 0 saturated carbocycles. The van der Waals surface area contributed by atoms with Gasteiger partial charge in [0.25, 0.3) is 0 Å². The second kappa shape index (κ2) is 5.85. The average Bonchev–Trinajstić information content (AvgIpc) is 2.32. The molecule has 1 saturated heterocycles. The number of hydrogen-bond donors (Lipinski definition) is 1. The zero-order valence-electron chi connectivity index (χ0n) is 10.6. The van der Waals surface area contributed by atoms with Crippen LogP contribution in [0.1, 0.15) is 19.4 Å². The molecule has 1 heterocycles. The van der Waals surface area contributed by atoms with Gasteiger partial charge in [0.05, 0.1) is 0 Å². The third-order valence-corrected chi connectivity index (χ3v) is 3.72. The summed E-state index contributed by atoms with van der Waals surface area (Å²) in [5.74, 6) is 0.690. The number of nitrogens with one attached hydrogen (secondary N) is 1. The van der Waals surface area contributed by atoms with Crippen molar-refractivity contribution in [3.8, 4) is 0 Å². The molecule has 0 radical (unpaired) electrons. The zero-order chi connectivity index (χ0) is 12.3. The highest BCUT2D eigenvalue weighted by Gasteiger charge is 2.24. The molecule has 1 aliphatic rings. The molecule has 0 aromatic heterocycles. The Morgan fingerprint density at radius 2 is 2.06 bits per heavy atom. The van der Waals surface area contributed by atoms with Gasteiger partial charge in [-0.25, -0.2) is 0 Å². The molecule has 3 heteroatoms. The lowest BCUT2D eigenvalue weighted by Crippen LogP contribution is -2.52. The molecule has 2 nitrogen and oxygen atoms in total. The van der Waals surface area contributed by atoms with Crippen molar-refractivity contribution >= 4 is 11.6 Å². The highest BCUT2D eigenvalue weighted by atomic mass is 35.5. The smallest absolute Gasteiger partial charge is 0.0406 e. The van der Waals surface area contributed by atoms with Crippen LogP contribution in [0.4, 0.5) is 0 Å². The molecule has 0 amide bonds. The van der Waals surface area contributed by atoms with E-state index in [9.17, 15) is 0 Å². The Hall–Kier alpha value is -0.570. The van der Waals surface area contributed by atoms with Gasteiger partial charge >= 0.3 is 0 Å². The van der Waals surface area contributed by atoms with Crippen molar-refractivity contribution in [2.75, 3.05) is 19.6 Å². The lowest BCUT2D eigenvalue weighted by molar-refractivity contribution is 0.117. The highest BCUT2D eigenvalue weighted by Crippen LogP contribution is 2.17. The largest absolute Gasteiger partial charge is 0.314 e. The summed E-state index contributed by atoms with van der Waals surface area (Å²) >= 11 is 5.91. The molecule has 2 rings (SSSR count). The Bertz CT molecular complexity index is 348. The van der Waals surface area contributed by atoms with Crippen LogP contribution < -0.4 is 5.32 Å². The Kier molecular flexibility index (Phi) is 4.43. The Labute approximate surface area is 109 Å². The van der Waals surface area contributed by atoms with Gasteiger partial charge in [0.2, 0.25) is 0 Å². The molecule has 1 fully saturated rings. The summed E-state index contributed by atoms with van der Waals surface area (Å²) in [6.07, 6.45) is 0. The Balaban J connectivity index is 2.02. The zero-order valence-corrected chi connectivity index (χ0v) is 11.4. The second-order valence-electron chi connectivity index (χ2n) is 5.11. The molecule has 1 aromatic rings. The molecule has 17 heavy (non-hydrogen) atoms. The van der Waals surface area contributed by atoms with Crippen molar-refractivity contribution in [3.05, 3.63) is 34.9 Å². The van der Waals surface area contributed by atoms with E-state index in [4.69, 9.17) is 11.6 Å². The minimum Gasteiger partial charge on any atom is -0.314 e. The summed E-state index contributed by atoms with van der Waals surface area (Å²) < 4.78 is 0.